The van der Waals surface area contributed by atoms with E-state index >= 15 is 0 Å². The zero-order valence-corrected chi connectivity index (χ0v) is 11.2. The molecule has 3 rings (SSSR count). The molecule has 1 saturated carbocycles. The lowest BCUT2D eigenvalue weighted by atomic mass is 10.0. The monoisotopic (exact) mass is 256 g/mol. The zero-order chi connectivity index (χ0) is 13.2. The van der Waals surface area contributed by atoms with Crippen LogP contribution in [0.15, 0.2) is 42.7 Å². The van der Waals surface area contributed by atoms with E-state index < -0.39 is 0 Å². The first-order valence-corrected chi connectivity index (χ1v) is 6.87. The van der Waals surface area contributed by atoms with Crippen molar-refractivity contribution in [1.82, 2.24) is 15.2 Å². The molecule has 19 heavy (non-hydrogen) atoms. The maximum Gasteiger partial charge on any atom is 0.0538 e. The number of hydrogen-bond donors (Lipinski definition) is 2. The lowest BCUT2D eigenvalue weighted by Crippen LogP contribution is -2.29. The fourth-order valence-corrected chi connectivity index (χ4v) is 2.85. The molecule has 0 radical (unpaired) electrons. The number of aryl methyl sites for hydroxylation is 1. The molecule has 0 bridgehead atoms. The summed E-state index contributed by atoms with van der Waals surface area (Å²) in [7, 11) is 0. The minimum atomic E-state index is 0.200. The number of hydrogen-bond acceptors (Lipinski definition) is 3. The Balaban J connectivity index is 1.75. The third-order valence-corrected chi connectivity index (χ3v) is 4.01. The lowest BCUT2D eigenvalue weighted by Gasteiger charge is -2.14. The third-order valence-electron chi connectivity index (χ3n) is 4.01. The number of nitrogens with zero attached hydrogens (tertiary/aromatic N) is 2. The molecule has 4 heteroatoms. The zero-order valence-electron chi connectivity index (χ0n) is 11.2. The molecular formula is C15H20N4. The van der Waals surface area contributed by atoms with Gasteiger partial charge in [0, 0.05) is 18.3 Å². The summed E-state index contributed by atoms with van der Waals surface area (Å²) in [4.78, 5) is 0. The average Bonchev–Trinajstić information content (AvgIpc) is 3.10. The summed E-state index contributed by atoms with van der Waals surface area (Å²) in [6, 6.07) is 10.9. The maximum absolute atomic E-state index is 5.75. The van der Waals surface area contributed by atoms with Crippen LogP contribution in [0.4, 0.5) is 0 Å². The van der Waals surface area contributed by atoms with Crippen LogP contribution in [0.2, 0.25) is 0 Å². The van der Waals surface area contributed by atoms with Gasteiger partial charge in [-0.25, -0.2) is 0 Å². The Bertz CT molecular complexity index is 534. The number of rotatable bonds is 5. The lowest BCUT2D eigenvalue weighted by molar-refractivity contribution is 0.486. The second kappa shape index (κ2) is 5.15. The van der Waals surface area contributed by atoms with E-state index in [1.54, 1.807) is 0 Å². The van der Waals surface area contributed by atoms with Crippen molar-refractivity contribution >= 4 is 0 Å². The van der Waals surface area contributed by atoms with Crippen molar-refractivity contribution in [2.45, 2.75) is 31.8 Å². The first kappa shape index (κ1) is 12.4. The van der Waals surface area contributed by atoms with Gasteiger partial charge in [0.1, 0.15) is 0 Å². The van der Waals surface area contributed by atoms with Crippen LogP contribution in [0.3, 0.4) is 0 Å². The van der Waals surface area contributed by atoms with Gasteiger partial charge in [0.05, 0.1) is 12.2 Å². The predicted octanol–water partition coefficient (Wildman–Crippen LogP) is 2.21. The maximum atomic E-state index is 5.75. The SMILES string of the molecule is CCn1cc(C(NN)C2CC2c2ccccc2)cn1. The first-order valence-electron chi connectivity index (χ1n) is 6.87. The topological polar surface area (TPSA) is 55.9 Å². The molecule has 1 aliphatic carbocycles. The molecule has 4 nitrogen and oxygen atoms in total. The first-order chi connectivity index (χ1) is 9.33. The van der Waals surface area contributed by atoms with Crippen molar-refractivity contribution in [2.75, 3.05) is 0 Å². The third kappa shape index (κ3) is 2.41. The highest BCUT2D eigenvalue weighted by molar-refractivity contribution is 5.29. The molecule has 1 heterocycles. The second-order valence-corrected chi connectivity index (χ2v) is 5.19. The van der Waals surface area contributed by atoms with Gasteiger partial charge < -0.3 is 0 Å². The molecule has 3 N–H and O–H groups in total. The van der Waals surface area contributed by atoms with Gasteiger partial charge >= 0.3 is 0 Å². The number of aromatic nitrogens is 2. The molecule has 1 fully saturated rings. The van der Waals surface area contributed by atoms with Gasteiger partial charge in [-0.15, -0.1) is 0 Å². The highest BCUT2D eigenvalue weighted by Gasteiger charge is 2.44. The Morgan fingerprint density at radius 3 is 2.84 bits per heavy atom. The van der Waals surface area contributed by atoms with Crippen molar-refractivity contribution in [3.05, 3.63) is 53.9 Å². The molecule has 2 aromatic rings. The molecule has 0 saturated heterocycles. The molecule has 1 aromatic carbocycles. The van der Waals surface area contributed by atoms with E-state index in [1.165, 1.54) is 17.5 Å². The number of nitrogens with two attached hydrogens (primary N) is 1. The normalized spacial score (nSPS) is 23.3. The summed E-state index contributed by atoms with van der Waals surface area (Å²) in [5, 5.41) is 4.33. The Hall–Kier alpha value is -1.65. The van der Waals surface area contributed by atoms with Crippen molar-refractivity contribution in [3.8, 4) is 0 Å². The van der Waals surface area contributed by atoms with Crippen LogP contribution in [0, 0.1) is 5.92 Å². The summed E-state index contributed by atoms with van der Waals surface area (Å²) in [5.41, 5.74) is 5.56. The van der Waals surface area contributed by atoms with E-state index in [1.807, 2.05) is 10.9 Å². The summed E-state index contributed by atoms with van der Waals surface area (Å²) in [6.07, 6.45) is 5.20. The van der Waals surface area contributed by atoms with Crippen LogP contribution < -0.4 is 11.3 Å². The standard InChI is InChI=1S/C15H20N4/c1-2-19-10-12(9-17-19)15(18-16)14-8-13(14)11-6-4-3-5-7-11/h3-7,9-10,13-15,18H,2,8,16H2,1H3. The van der Waals surface area contributed by atoms with Gasteiger partial charge in [0.25, 0.3) is 0 Å². The fourth-order valence-electron chi connectivity index (χ4n) is 2.85. The summed E-state index contributed by atoms with van der Waals surface area (Å²) >= 11 is 0. The van der Waals surface area contributed by atoms with E-state index in [4.69, 9.17) is 5.84 Å². The molecule has 100 valence electrons. The van der Waals surface area contributed by atoms with Gasteiger partial charge in [0.2, 0.25) is 0 Å². The summed E-state index contributed by atoms with van der Waals surface area (Å²) < 4.78 is 1.94. The molecule has 0 aliphatic heterocycles. The van der Waals surface area contributed by atoms with E-state index in [-0.39, 0.29) is 6.04 Å². The molecule has 1 aromatic heterocycles. The molecular weight excluding hydrogens is 236 g/mol. The molecule has 1 aliphatic rings. The van der Waals surface area contributed by atoms with E-state index in [0.29, 0.717) is 11.8 Å². The van der Waals surface area contributed by atoms with Gasteiger partial charge in [-0.2, -0.15) is 5.10 Å². The minimum absolute atomic E-state index is 0.200. The van der Waals surface area contributed by atoms with Crippen LogP contribution in [0.5, 0.6) is 0 Å². The van der Waals surface area contributed by atoms with Crippen molar-refractivity contribution < 1.29 is 0 Å². The van der Waals surface area contributed by atoms with Crippen LogP contribution in [0.25, 0.3) is 0 Å². The quantitative estimate of drug-likeness (QED) is 0.637. The molecule has 3 atom stereocenters. The van der Waals surface area contributed by atoms with Gasteiger partial charge in [-0.1, -0.05) is 30.3 Å². The fraction of sp³-hybridized carbons (Fsp3) is 0.400. The van der Waals surface area contributed by atoms with E-state index in [9.17, 15) is 0 Å². The molecule has 0 spiro atoms. The molecule has 3 unspecified atom stereocenters. The second-order valence-electron chi connectivity index (χ2n) is 5.19. The van der Waals surface area contributed by atoms with Crippen LogP contribution in [0.1, 0.15) is 36.4 Å². The van der Waals surface area contributed by atoms with Gasteiger partial charge in [0.15, 0.2) is 0 Å². The largest absolute Gasteiger partial charge is 0.273 e. The summed E-state index contributed by atoms with van der Waals surface area (Å²) in [6.45, 7) is 2.98. The highest BCUT2D eigenvalue weighted by atomic mass is 15.3. The number of hydrazine groups is 1. The van der Waals surface area contributed by atoms with Crippen molar-refractivity contribution in [2.24, 2.45) is 11.8 Å². The molecule has 0 amide bonds. The average molecular weight is 256 g/mol. The Morgan fingerprint density at radius 1 is 1.42 bits per heavy atom. The van der Waals surface area contributed by atoms with Gasteiger partial charge in [-0.3, -0.25) is 16.0 Å². The highest BCUT2D eigenvalue weighted by Crippen LogP contribution is 2.53. The number of nitrogens with one attached hydrogen (secondary N) is 1. The Kier molecular flexibility index (Phi) is 3.36. The van der Waals surface area contributed by atoms with Crippen molar-refractivity contribution in [1.29, 1.82) is 0 Å². The van der Waals surface area contributed by atoms with E-state index in [2.05, 4.69) is 54.0 Å². The van der Waals surface area contributed by atoms with Gasteiger partial charge in [-0.05, 0) is 30.7 Å². The van der Waals surface area contributed by atoms with Crippen LogP contribution in [-0.2, 0) is 6.54 Å². The minimum Gasteiger partial charge on any atom is -0.273 e. The van der Waals surface area contributed by atoms with E-state index in [0.717, 1.165) is 6.54 Å². The van der Waals surface area contributed by atoms with Crippen molar-refractivity contribution in [3.63, 3.8) is 0 Å². The predicted molar refractivity (Wildman–Crippen MR) is 75.3 cm³/mol. The Labute approximate surface area is 113 Å². The Morgan fingerprint density at radius 2 is 2.21 bits per heavy atom. The van der Waals surface area contributed by atoms with Crippen LogP contribution in [-0.4, -0.2) is 9.78 Å². The summed E-state index contributed by atoms with van der Waals surface area (Å²) in [5.74, 6) is 6.94. The van der Waals surface area contributed by atoms with Crippen LogP contribution >= 0.6 is 0 Å². The number of benzene rings is 1. The smallest absolute Gasteiger partial charge is 0.0538 e.